The van der Waals surface area contributed by atoms with Crippen molar-refractivity contribution < 1.29 is 9.90 Å². The molecule has 1 amide bonds. The van der Waals surface area contributed by atoms with E-state index >= 15 is 0 Å². The van der Waals surface area contributed by atoms with E-state index < -0.39 is 0 Å². The van der Waals surface area contributed by atoms with E-state index in [1.165, 1.54) is 44.9 Å². The lowest BCUT2D eigenvalue weighted by Crippen LogP contribution is -2.30. The van der Waals surface area contributed by atoms with Crippen LogP contribution in [0, 0.1) is 11.8 Å². The molecule has 0 rings (SSSR count). The van der Waals surface area contributed by atoms with E-state index in [1.807, 2.05) is 6.92 Å². The Morgan fingerprint density at radius 3 is 2.04 bits per heavy atom. The maximum absolute atomic E-state index is 11.4. The Balaban J connectivity index is 3.52. The first-order chi connectivity index (χ1) is 11.6. The minimum atomic E-state index is -0.274. The smallest absolute Gasteiger partial charge is 0.220 e. The molecule has 2 atom stereocenters. The van der Waals surface area contributed by atoms with Crippen LogP contribution in [0.25, 0.3) is 0 Å². The molecule has 2 unspecified atom stereocenters. The molecular formula is C21H39NO2. The van der Waals surface area contributed by atoms with Crippen molar-refractivity contribution in [1.82, 2.24) is 0 Å². The number of aliphatic hydroxyl groups excluding tert-OH is 1. The van der Waals surface area contributed by atoms with Crippen LogP contribution in [0.3, 0.4) is 0 Å². The highest BCUT2D eigenvalue weighted by molar-refractivity contribution is 5.76. The summed E-state index contributed by atoms with van der Waals surface area (Å²) in [6, 6.07) is 0. The maximum atomic E-state index is 11.4. The van der Waals surface area contributed by atoms with Crippen LogP contribution < -0.4 is 5.73 Å². The molecule has 3 N–H and O–H groups in total. The third kappa shape index (κ3) is 13.4. The molecule has 0 aromatic heterocycles. The van der Waals surface area contributed by atoms with E-state index in [4.69, 9.17) is 10.8 Å². The van der Waals surface area contributed by atoms with Crippen molar-refractivity contribution in [2.75, 3.05) is 6.61 Å². The molecule has 0 fully saturated rings. The maximum Gasteiger partial charge on any atom is 0.220 e. The summed E-state index contributed by atoms with van der Waals surface area (Å²) in [4.78, 5) is 11.4. The summed E-state index contributed by atoms with van der Waals surface area (Å²) in [5.41, 5.74) is 5.40. The number of primary amides is 1. The number of hydrogen-bond acceptors (Lipinski definition) is 2. The second-order valence-electron chi connectivity index (χ2n) is 6.87. The first kappa shape index (κ1) is 22.9. The van der Waals surface area contributed by atoms with Gasteiger partial charge in [-0.05, 0) is 38.0 Å². The molecule has 0 heterocycles. The van der Waals surface area contributed by atoms with Gasteiger partial charge in [0.2, 0.25) is 5.91 Å². The molecule has 0 bridgehead atoms. The molecule has 0 aliphatic carbocycles. The van der Waals surface area contributed by atoms with Crippen LogP contribution in [0.1, 0.15) is 84.5 Å². The number of allylic oxidation sites excluding steroid dienone is 4. The van der Waals surface area contributed by atoms with E-state index in [0.717, 1.165) is 25.7 Å². The van der Waals surface area contributed by atoms with E-state index in [-0.39, 0.29) is 24.3 Å². The molecule has 3 heteroatoms. The van der Waals surface area contributed by atoms with Crippen molar-refractivity contribution >= 4 is 5.91 Å². The number of hydrogen-bond donors (Lipinski definition) is 2. The fourth-order valence-electron chi connectivity index (χ4n) is 2.85. The van der Waals surface area contributed by atoms with Crippen molar-refractivity contribution in [3.8, 4) is 0 Å². The highest BCUT2D eigenvalue weighted by atomic mass is 16.3. The normalized spacial score (nSPS) is 14.5. The van der Waals surface area contributed by atoms with Gasteiger partial charge in [0.15, 0.2) is 0 Å². The fraction of sp³-hybridized carbons (Fsp3) is 0.762. The zero-order valence-corrected chi connectivity index (χ0v) is 15.9. The molecule has 0 radical (unpaired) electrons. The Morgan fingerprint density at radius 1 is 0.958 bits per heavy atom. The number of aliphatic hydroxyl groups is 1. The van der Waals surface area contributed by atoms with Crippen LogP contribution in [0.2, 0.25) is 0 Å². The van der Waals surface area contributed by atoms with Crippen molar-refractivity contribution in [3.05, 3.63) is 24.3 Å². The number of unbranched alkanes of at least 4 members (excludes halogenated alkanes) is 8. The van der Waals surface area contributed by atoms with Gasteiger partial charge in [0.25, 0.3) is 0 Å². The Bertz CT molecular complexity index is 350. The number of nitrogens with two attached hydrogens (primary N) is 1. The average molecular weight is 338 g/mol. The molecule has 0 aliphatic heterocycles. The molecule has 0 spiro atoms. The quantitative estimate of drug-likeness (QED) is 0.302. The van der Waals surface area contributed by atoms with E-state index in [2.05, 4.69) is 31.2 Å². The lowest BCUT2D eigenvalue weighted by atomic mass is 9.89. The first-order valence-electron chi connectivity index (χ1n) is 9.85. The van der Waals surface area contributed by atoms with Gasteiger partial charge in [-0.2, -0.15) is 0 Å². The SMILES string of the molecule is CCCCCC=CC=CCCCCCCCC(C(N)=O)C(C)CO. The summed E-state index contributed by atoms with van der Waals surface area (Å²) in [7, 11) is 0. The lowest BCUT2D eigenvalue weighted by molar-refractivity contribution is -0.124. The van der Waals surface area contributed by atoms with Crippen LogP contribution in [0.4, 0.5) is 0 Å². The van der Waals surface area contributed by atoms with Gasteiger partial charge in [-0.15, -0.1) is 0 Å². The van der Waals surface area contributed by atoms with Crippen molar-refractivity contribution in [3.63, 3.8) is 0 Å². The van der Waals surface area contributed by atoms with Crippen molar-refractivity contribution in [2.24, 2.45) is 17.6 Å². The van der Waals surface area contributed by atoms with Crippen molar-refractivity contribution in [1.29, 1.82) is 0 Å². The third-order valence-electron chi connectivity index (χ3n) is 4.58. The Kier molecular flexibility index (Phi) is 16.0. The Morgan fingerprint density at radius 2 is 1.50 bits per heavy atom. The lowest BCUT2D eigenvalue weighted by Gasteiger charge is -2.18. The Labute approximate surface area is 149 Å². The standard InChI is InChI=1S/C21H39NO2/c1-3-4-5-6-7-8-9-10-11-12-13-14-15-16-17-20(21(22)24)19(2)18-23/h7-10,19-20,23H,3-6,11-18H2,1-2H3,(H2,22,24). The molecule has 0 aromatic carbocycles. The summed E-state index contributed by atoms with van der Waals surface area (Å²) in [6.45, 7) is 4.16. The Hall–Kier alpha value is -1.09. The molecular weight excluding hydrogens is 298 g/mol. The molecule has 140 valence electrons. The molecule has 0 aliphatic rings. The minimum absolute atomic E-state index is 0.0253. The average Bonchev–Trinajstić information content (AvgIpc) is 2.57. The largest absolute Gasteiger partial charge is 0.396 e. The van der Waals surface area contributed by atoms with Gasteiger partial charge in [0.05, 0.1) is 0 Å². The van der Waals surface area contributed by atoms with Gasteiger partial charge < -0.3 is 10.8 Å². The second kappa shape index (κ2) is 16.8. The zero-order valence-electron chi connectivity index (χ0n) is 15.9. The highest BCUT2D eigenvalue weighted by Crippen LogP contribution is 2.19. The van der Waals surface area contributed by atoms with Crippen LogP contribution in [0.15, 0.2) is 24.3 Å². The predicted molar refractivity (Wildman–Crippen MR) is 104 cm³/mol. The zero-order chi connectivity index (χ0) is 18.0. The topological polar surface area (TPSA) is 63.3 Å². The van der Waals surface area contributed by atoms with Crippen molar-refractivity contribution in [2.45, 2.75) is 84.5 Å². The molecule has 0 saturated heterocycles. The van der Waals surface area contributed by atoms with Gasteiger partial charge >= 0.3 is 0 Å². The summed E-state index contributed by atoms with van der Waals surface area (Å²) >= 11 is 0. The summed E-state index contributed by atoms with van der Waals surface area (Å²) < 4.78 is 0. The first-order valence-corrected chi connectivity index (χ1v) is 9.85. The van der Waals surface area contributed by atoms with Gasteiger partial charge in [-0.1, -0.05) is 76.7 Å². The molecule has 24 heavy (non-hydrogen) atoms. The third-order valence-corrected chi connectivity index (χ3v) is 4.58. The van der Waals surface area contributed by atoms with E-state index in [1.54, 1.807) is 0 Å². The van der Waals surface area contributed by atoms with Gasteiger partial charge in [0.1, 0.15) is 0 Å². The number of carbonyl (C=O) groups is 1. The minimum Gasteiger partial charge on any atom is -0.396 e. The van der Waals surface area contributed by atoms with Gasteiger partial charge in [-0.25, -0.2) is 0 Å². The summed E-state index contributed by atoms with van der Waals surface area (Å²) in [5, 5.41) is 9.15. The summed E-state index contributed by atoms with van der Waals surface area (Å²) in [6.07, 6.45) is 21.7. The monoisotopic (exact) mass is 337 g/mol. The number of rotatable bonds is 16. The second-order valence-corrected chi connectivity index (χ2v) is 6.87. The van der Waals surface area contributed by atoms with Crippen LogP contribution in [-0.4, -0.2) is 17.6 Å². The fourth-order valence-corrected chi connectivity index (χ4v) is 2.85. The van der Waals surface area contributed by atoms with E-state index in [9.17, 15) is 4.79 Å². The molecule has 0 aromatic rings. The van der Waals surface area contributed by atoms with E-state index in [0.29, 0.717) is 0 Å². The predicted octanol–water partition coefficient (Wildman–Crippen LogP) is 5.14. The molecule has 0 saturated carbocycles. The van der Waals surface area contributed by atoms with Crippen LogP contribution in [0.5, 0.6) is 0 Å². The van der Waals surface area contributed by atoms with Gasteiger partial charge in [0, 0.05) is 12.5 Å². The molecule has 3 nitrogen and oxygen atoms in total. The van der Waals surface area contributed by atoms with Crippen LogP contribution in [-0.2, 0) is 4.79 Å². The number of carbonyl (C=O) groups excluding carboxylic acids is 1. The number of amides is 1. The van der Waals surface area contributed by atoms with Crippen LogP contribution >= 0.6 is 0 Å². The summed E-state index contributed by atoms with van der Waals surface area (Å²) in [5.74, 6) is -0.478. The van der Waals surface area contributed by atoms with Gasteiger partial charge in [-0.3, -0.25) is 4.79 Å². The highest BCUT2D eigenvalue weighted by Gasteiger charge is 2.21.